The fraction of sp³-hybridized carbons (Fsp3) is 0.200. The van der Waals surface area contributed by atoms with Gasteiger partial charge in [0, 0.05) is 18.0 Å². The number of nitrogens with one attached hydrogen (secondary N) is 1. The van der Waals surface area contributed by atoms with Gasteiger partial charge < -0.3 is 10.1 Å². The summed E-state index contributed by atoms with van der Waals surface area (Å²) in [6, 6.07) is 8.32. The number of nitrogens with zero attached hydrogens (tertiary/aromatic N) is 3. The number of carbonyl (C=O) groups is 3. The first-order valence-electron chi connectivity index (χ1n) is 8.73. The third-order valence-corrected chi connectivity index (χ3v) is 5.09. The molecule has 0 aliphatic heterocycles. The van der Waals surface area contributed by atoms with Crippen LogP contribution in [-0.4, -0.2) is 38.7 Å². The predicted molar refractivity (Wildman–Crippen MR) is 108 cm³/mol. The maximum absolute atomic E-state index is 12.5. The van der Waals surface area contributed by atoms with E-state index in [2.05, 4.69) is 20.3 Å². The lowest BCUT2D eigenvalue weighted by atomic mass is 10.1. The summed E-state index contributed by atoms with van der Waals surface area (Å²) in [7, 11) is 0. The van der Waals surface area contributed by atoms with E-state index in [1.807, 2.05) is 0 Å². The van der Waals surface area contributed by atoms with Crippen molar-refractivity contribution in [2.75, 3.05) is 5.32 Å². The van der Waals surface area contributed by atoms with E-state index in [9.17, 15) is 14.4 Å². The van der Waals surface area contributed by atoms with Crippen molar-refractivity contribution in [1.29, 1.82) is 0 Å². The number of hydrogen-bond acceptors (Lipinski definition) is 8. The normalized spacial score (nSPS) is 11.6. The van der Waals surface area contributed by atoms with Crippen LogP contribution >= 0.6 is 11.3 Å². The van der Waals surface area contributed by atoms with E-state index in [0.717, 1.165) is 11.3 Å². The molecular formula is C20H18N4O4S. The Kier molecular flexibility index (Phi) is 6.08. The molecule has 29 heavy (non-hydrogen) atoms. The highest BCUT2D eigenvalue weighted by atomic mass is 32.1. The molecule has 1 unspecified atom stereocenters. The Morgan fingerprint density at radius 2 is 1.79 bits per heavy atom. The number of rotatable bonds is 6. The molecule has 0 saturated heterocycles. The van der Waals surface area contributed by atoms with Crippen LogP contribution in [0.5, 0.6) is 0 Å². The molecule has 1 amide bonds. The second kappa shape index (κ2) is 8.70. The van der Waals surface area contributed by atoms with Crippen molar-refractivity contribution < 1.29 is 19.1 Å². The molecule has 9 heteroatoms. The smallest absolute Gasteiger partial charge is 0.351 e. The average molecular weight is 410 g/mol. The van der Waals surface area contributed by atoms with Gasteiger partial charge in [0.05, 0.1) is 11.4 Å². The first-order valence-corrected chi connectivity index (χ1v) is 9.55. The molecule has 3 aromatic rings. The molecule has 0 fully saturated rings. The lowest BCUT2D eigenvalue weighted by molar-refractivity contribution is -0.123. The molecule has 0 bridgehead atoms. The van der Waals surface area contributed by atoms with Crippen molar-refractivity contribution in [2.24, 2.45) is 0 Å². The molecule has 0 aliphatic rings. The zero-order valence-corrected chi connectivity index (χ0v) is 16.8. The molecule has 1 aromatic carbocycles. The molecule has 3 rings (SSSR count). The number of aryl methyl sites for hydroxylation is 1. The summed E-state index contributed by atoms with van der Waals surface area (Å²) >= 11 is 1.10. The molecule has 0 saturated carbocycles. The summed E-state index contributed by atoms with van der Waals surface area (Å²) < 4.78 is 5.29. The summed E-state index contributed by atoms with van der Waals surface area (Å²) in [5.74, 6) is -0.974. The molecule has 2 aromatic heterocycles. The van der Waals surface area contributed by atoms with Crippen LogP contribution in [0.1, 0.15) is 39.6 Å². The fourth-order valence-electron chi connectivity index (χ4n) is 2.49. The summed E-state index contributed by atoms with van der Waals surface area (Å²) in [6.45, 7) is 4.55. The average Bonchev–Trinajstić information content (AvgIpc) is 3.10. The van der Waals surface area contributed by atoms with E-state index < -0.39 is 18.0 Å². The van der Waals surface area contributed by atoms with Gasteiger partial charge in [-0.05, 0) is 39.0 Å². The minimum atomic E-state index is -1.07. The third kappa shape index (κ3) is 4.69. The molecule has 8 nitrogen and oxygen atoms in total. The van der Waals surface area contributed by atoms with Gasteiger partial charge in [-0.1, -0.05) is 12.1 Å². The van der Waals surface area contributed by atoms with Gasteiger partial charge in [0.1, 0.15) is 4.88 Å². The number of Topliss-reactive ketones (excluding diaryl/α,β-unsaturated/α-hetero) is 1. The van der Waals surface area contributed by atoms with Gasteiger partial charge >= 0.3 is 5.97 Å². The Labute approximate surface area is 171 Å². The number of benzene rings is 1. The SMILES string of the molecule is CC(=O)c1ccccc1NC(=O)C(C)OC(=O)c1sc(-c2ncccn2)nc1C. The van der Waals surface area contributed by atoms with Crippen LogP contribution in [0.15, 0.2) is 42.7 Å². The summed E-state index contributed by atoms with van der Waals surface area (Å²) in [5, 5.41) is 3.11. The van der Waals surface area contributed by atoms with Crippen LogP contribution in [-0.2, 0) is 9.53 Å². The number of carbonyl (C=O) groups excluding carboxylic acids is 3. The second-order valence-corrected chi connectivity index (χ2v) is 7.14. The molecule has 148 valence electrons. The van der Waals surface area contributed by atoms with Gasteiger partial charge in [-0.25, -0.2) is 19.7 Å². The second-order valence-electron chi connectivity index (χ2n) is 6.14. The topological polar surface area (TPSA) is 111 Å². The van der Waals surface area contributed by atoms with Crippen LogP contribution in [0, 0.1) is 6.92 Å². The van der Waals surface area contributed by atoms with Crippen molar-refractivity contribution in [3.8, 4) is 10.8 Å². The first kappa shape index (κ1) is 20.3. The number of hydrogen-bond donors (Lipinski definition) is 1. The van der Waals surface area contributed by atoms with Crippen LogP contribution in [0.4, 0.5) is 5.69 Å². The minimum Gasteiger partial charge on any atom is -0.448 e. The number of esters is 1. The highest BCUT2D eigenvalue weighted by molar-refractivity contribution is 7.16. The Morgan fingerprint density at radius 1 is 1.10 bits per heavy atom. The summed E-state index contributed by atoms with van der Waals surface area (Å²) in [6.07, 6.45) is 2.10. The Morgan fingerprint density at radius 3 is 2.48 bits per heavy atom. The lowest BCUT2D eigenvalue weighted by Gasteiger charge is -2.14. The molecule has 1 N–H and O–H groups in total. The molecule has 0 spiro atoms. The van der Waals surface area contributed by atoms with E-state index in [-0.39, 0.29) is 10.7 Å². The standard InChI is InChI=1S/C20H18N4O4S/c1-11-16(29-19(23-11)17-21-9-6-10-22-17)20(27)28-13(3)18(26)24-15-8-5-4-7-14(15)12(2)25/h4-10,13H,1-3H3,(H,24,26). The molecular weight excluding hydrogens is 392 g/mol. The van der Waals surface area contributed by atoms with Crippen LogP contribution in [0.25, 0.3) is 10.8 Å². The first-order chi connectivity index (χ1) is 13.9. The number of anilines is 1. The Balaban J connectivity index is 1.70. The summed E-state index contributed by atoms with van der Waals surface area (Å²) in [4.78, 5) is 49.5. The van der Waals surface area contributed by atoms with Gasteiger partial charge in [-0.15, -0.1) is 11.3 Å². The number of para-hydroxylation sites is 1. The number of amides is 1. The third-order valence-electron chi connectivity index (χ3n) is 3.96. The van der Waals surface area contributed by atoms with Gasteiger partial charge in [0.25, 0.3) is 5.91 Å². The highest BCUT2D eigenvalue weighted by Gasteiger charge is 2.24. The lowest BCUT2D eigenvalue weighted by Crippen LogP contribution is -2.30. The maximum atomic E-state index is 12.5. The number of ether oxygens (including phenoxy) is 1. The van der Waals surface area contributed by atoms with E-state index >= 15 is 0 Å². The molecule has 0 radical (unpaired) electrons. The monoisotopic (exact) mass is 410 g/mol. The van der Waals surface area contributed by atoms with E-state index in [0.29, 0.717) is 27.8 Å². The highest BCUT2D eigenvalue weighted by Crippen LogP contribution is 2.26. The van der Waals surface area contributed by atoms with Crippen LogP contribution in [0.3, 0.4) is 0 Å². The van der Waals surface area contributed by atoms with E-state index in [1.165, 1.54) is 13.8 Å². The zero-order valence-electron chi connectivity index (χ0n) is 16.0. The molecule has 1 atom stereocenters. The fourth-order valence-corrected chi connectivity index (χ4v) is 3.39. The van der Waals surface area contributed by atoms with E-state index in [4.69, 9.17) is 4.74 Å². The molecule has 2 heterocycles. The van der Waals surface area contributed by atoms with Crippen molar-refractivity contribution in [3.63, 3.8) is 0 Å². The minimum absolute atomic E-state index is 0.179. The Hall–Kier alpha value is -3.46. The number of aromatic nitrogens is 3. The Bertz CT molecular complexity index is 1070. The predicted octanol–water partition coefficient (Wildman–Crippen LogP) is 3.30. The van der Waals surface area contributed by atoms with Gasteiger partial charge in [0.15, 0.2) is 22.7 Å². The van der Waals surface area contributed by atoms with Gasteiger partial charge in [-0.2, -0.15) is 0 Å². The van der Waals surface area contributed by atoms with Crippen molar-refractivity contribution in [1.82, 2.24) is 15.0 Å². The van der Waals surface area contributed by atoms with Crippen LogP contribution in [0.2, 0.25) is 0 Å². The maximum Gasteiger partial charge on any atom is 0.351 e. The van der Waals surface area contributed by atoms with Crippen LogP contribution < -0.4 is 5.32 Å². The zero-order chi connectivity index (χ0) is 21.0. The van der Waals surface area contributed by atoms with Crippen molar-refractivity contribution in [3.05, 3.63) is 58.9 Å². The van der Waals surface area contributed by atoms with Crippen molar-refractivity contribution >= 4 is 34.7 Å². The van der Waals surface area contributed by atoms with Gasteiger partial charge in [0.2, 0.25) is 0 Å². The summed E-state index contributed by atoms with van der Waals surface area (Å²) in [5.41, 5.74) is 1.22. The van der Waals surface area contributed by atoms with Crippen molar-refractivity contribution in [2.45, 2.75) is 26.9 Å². The van der Waals surface area contributed by atoms with Gasteiger partial charge in [-0.3, -0.25) is 9.59 Å². The number of ketones is 1. The van der Waals surface area contributed by atoms with E-state index in [1.54, 1.807) is 49.6 Å². The largest absolute Gasteiger partial charge is 0.448 e. The molecule has 0 aliphatic carbocycles. The number of thiazole rings is 1. The quantitative estimate of drug-likeness (QED) is 0.490.